The molecule has 28 heavy (non-hydrogen) atoms. The van der Waals surface area contributed by atoms with Crippen molar-refractivity contribution in [2.24, 2.45) is 5.92 Å². The smallest absolute Gasteiger partial charge is 0.293 e. The second kappa shape index (κ2) is 8.10. The van der Waals surface area contributed by atoms with E-state index >= 15 is 0 Å². The lowest BCUT2D eigenvalue weighted by Gasteiger charge is -2.20. The minimum absolute atomic E-state index is 0.185. The third-order valence-electron chi connectivity index (χ3n) is 5.24. The predicted molar refractivity (Wildman–Crippen MR) is 107 cm³/mol. The van der Waals surface area contributed by atoms with Crippen molar-refractivity contribution in [2.75, 3.05) is 40.5 Å². The Bertz CT molecular complexity index is 990. The van der Waals surface area contributed by atoms with Crippen LogP contribution in [0, 0.1) is 5.92 Å². The number of aromatic nitrogens is 4. The van der Waals surface area contributed by atoms with Crippen LogP contribution in [0.25, 0.3) is 15.9 Å². The van der Waals surface area contributed by atoms with Crippen LogP contribution in [0.2, 0.25) is 0 Å². The zero-order chi connectivity index (χ0) is 19.7. The van der Waals surface area contributed by atoms with Crippen LogP contribution in [0.15, 0.2) is 6.33 Å². The Kier molecular flexibility index (Phi) is 5.56. The van der Waals surface area contributed by atoms with Gasteiger partial charge in [0.2, 0.25) is 5.82 Å². The molecule has 3 heterocycles. The highest BCUT2D eigenvalue weighted by Gasteiger charge is 2.26. The van der Waals surface area contributed by atoms with Crippen molar-refractivity contribution in [1.29, 1.82) is 0 Å². The lowest BCUT2D eigenvalue weighted by Crippen LogP contribution is -2.37. The summed E-state index contributed by atoms with van der Waals surface area (Å²) in [4.78, 5) is 26.2. The molecule has 1 aliphatic carbocycles. The summed E-state index contributed by atoms with van der Waals surface area (Å²) in [6.07, 6.45) is 4.98. The number of carbonyl (C=O) groups excluding carboxylic acids is 1. The first kappa shape index (κ1) is 19.2. The minimum atomic E-state index is -0.219. The number of methoxy groups -OCH3 is 2. The van der Waals surface area contributed by atoms with Gasteiger partial charge in [0.05, 0.1) is 18.6 Å². The molecule has 3 aromatic heterocycles. The molecular formula is C19H25N5O3S. The molecule has 0 saturated heterocycles. The van der Waals surface area contributed by atoms with Gasteiger partial charge in [-0.15, -0.1) is 16.4 Å². The minimum Gasteiger partial charge on any atom is -0.383 e. The summed E-state index contributed by atoms with van der Waals surface area (Å²) in [5.41, 5.74) is 2.05. The van der Waals surface area contributed by atoms with Crippen LogP contribution in [0.4, 0.5) is 0 Å². The fourth-order valence-electron chi connectivity index (χ4n) is 3.70. The van der Waals surface area contributed by atoms with Crippen molar-refractivity contribution >= 4 is 33.1 Å². The molecule has 8 nitrogen and oxygen atoms in total. The fraction of sp³-hybridized carbons (Fsp3) is 0.579. The molecule has 1 aliphatic rings. The average molecular weight is 404 g/mol. The van der Waals surface area contributed by atoms with Crippen LogP contribution < -0.4 is 0 Å². The quantitative estimate of drug-likeness (QED) is 0.602. The fourth-order valence-corrected chi connectivity index (χ4v) is 4.87. The zero-order valence-electron chi connectivity index (χ0n) is 16.5. The average Bonchev–Trinajstić information content (AvgIpc) is 3.28. The van der Waals surface area contributed by atoms with Gasteiger partial charge < -0.3 is 14.4 Å². The van der Waals surface area contributed by atoms with E-state index in [1.807, 2.05) is 0 Å². The Morgan fingerprint density at radius 3 is 2.79 bits per heavy atom. The molecule has 0 spiro atoms. The molecule has 0 aliphatic heterocycles. The highest BCUT2D eigenvalue weighted by molar-refractivity contribution is 7.19. The third kappa shape index (κ3) is 3.49. The van der Waals surface area contributed by atoms with Gasteiger partial charge in [-0.05, 0) is 30.7 Å². The molecule has 0 N–H and O–H groups in total. The molecule has 0 bridgehead atoms. The number of hydrogen-bond donors (Lipinski definition) is 0. The molecule has 9 heteroatoms. The number of ether oxygens (including phenoxy) is 2. The molecular weight excluding hydrogens is 378 g/mol. The summed E-state index contributed by atoms with van der Waals surface area (Å²) in [6, 6.07) is 0. The van der Waals surface area contributed by atoms with Gasteiger partial charge in [0, 0.05) is 32.2 Å². The number of fused-ring (bicyclic) bond motifs is 5. The van der Waals surface area contributed by atoms with E-state index in [4.69, 9.17) is 9.47 Å². The third-order valence-corrected chi connectivity index (χ3v) is 6.44. The second-order valence-electron chi connectivity index (χ2n) is 7.26. The Hall–Kier alpha value is -2.10. The van der Waals surface area contributed by atoms with Crippen molar-refractivity contribution < 1.29 is 14.3 Å². The van der Waals surface area contributed by atoms with E-state index in [2.05, 4.69) is 22.0 Å². The lowest BCUT2D eigenvalue weighted by atomic mass is 9.89. The monoisotopic (exact) mass is 403 g/mol. The standard InChI is InChI=1S/C19H25N5O3S/c1-12-4-5-14-13(10-12)15-17-21-16(22-24(17)11-20-18(15)28-14)19(25)23(6-8-26-2)7-9-27-3/h11-12H,4-10H2,1-3H3/t12-/m1/s1. The number of rotatable bonds is 7. The van der Waals surface area contributed by atoms with E-state index in [0.29, 0.717) is 32.2 Å². The first-order chi connectivity index (χ1) is 13.6. The largest absolute Gasteiger partial charge is 0.383 e. The number of aryl methyl sites for hydroxylation is 1. The molecule has 150 valence electrons. The van der Waals surface area contributed by atoms with E-state index in [0.717, 1.165) is 28.7 Å². The highest BCUT2D eigenvalue weighted by Crippen LogP contribution is 2.38. The molecule has 0 aromatic carbocycles. The first-order valence-corrected chi connectivity index (χ1v) is 10.4. The zero-order valence-corrected chi connectivity index (χ0v) is 17.3. The number of thiophene rings is 1. The van der Waals surface area contributed by atoms with Gasteiger partial charge in [-0.25, -0.2) is 14.5 Å². The van der Waals surface area contributed by atoms with Crippen LogP contribution >= 0.6 is 11.3 Å². The lowest BCUT2D eigenvalue weighted by molar-refractivity contribution is 0.0616. The maximum Gasteiger partial charge on any atom is 0.293 e. The van der Waals surface area contributed by atoms with Gasteiger partial charge in [-0.1, -0.05) is 6.92 Å². The molecule has 1 atom stereocenters. The van der Waals surface area contributed by atoms with E-state index in [-0.39, 0.29) is 11.7 Å². The second-order valence-corrected chi connectivity index (χ2v) is 8.34. The van der Waals surface area contributed by atoms with E-state index in [1.54, 1.807) is 41.3 Å². The summed E-state index contributed by atoms with van der Waals surface area (Å²) in [6.45, 7) is 4.11. The summed E-state index contributed by atoms with van der Waals surface area (Å²) in [5, 5.41) is 5.48. The van der Waals surface area contributed by atoms with Gasteiger partial charge in [-0.3, -0.25) is 4.79 Å². The molecule has 0 radical (unpaired) electrons. The van der Waals surface area contributed by atoms with Gasteiger partial charge in [-0.2, -0.15) is 0 Å². The Morgan fingerprint density at radius 2 is 2.07 bits per heavy atom. The van der Waals surface area contributed by atoms with Crippen molar-refractivity contribution in [3.63, 3.8) is 0 Å². The number of hydrogen-bond acceptors (Lipinski definition) is 7. The molecule has 0 saturated carbocycles. The summed E-state index contributed by atoms with van der Waals surface area (Å²) in [7, 11) is 3.23. The summed E-state index contributed by atoms with van der Waals surface area (Å²) < 4.78 is 11.9. The number of carbonyl (C=O) groups is 1. The molecule has 1 amide bonds. The molecule has 4 rings (SSSR count). The van der Waals surface area contributed by atoms with Crippen LogP contribution in [0.5, 0.6) is 0 Å². The Labute approximate surface area is 167 Å². The van der Waals surface area contributed by atoms with Crippen LogP contribution in [-0.2, 0) is 22.3 Å². The van der Waals surface area contributed by atoms with E-state index in [1.165, 1.54) is 16.9 Å². The number of amides is 1. The number of nitrogens with zero attached hydrogens (tertiary/aromatic N) is 5. The van der Waals surface area contributed by atoms with Crippen molar-refractivity contribution in [3.8, 4) is 0 Å². The van der Waals surface area contributed by atoms with Gasteiger partial charge in [0.1, 0.15) is 11.2 Å². The highest BCUT2D eigenvalue weighted by atomic mass is 32.1. The predicted octanol–water partition coefficient (Wildman–Crippen LogP) is 2.20. The van der Waals surface area contributed by atoms with E-state index < -0.39 is 0 Å². The summed E-state index contributed by atoms with van der Waals surface area (Å²) >= 11 is 1.74. The topological polar surface area (TPSA) is 81.9 Å². The normalized spacial score (nSPS) is 16.6. The van der Waals surface area contributed by atoms with Crippen molar-refractivity contribution in [3.05, 3.63) is 22.6 Å². The van der Waals surface area contributed by atoms with Crippen LogP contribution in [-0.4, -0.2) is 70.9 Å². The Balaban J connectivity index is 1.73. The van der Waals surface area contributed by atoms with Crippen molar-refractivity contribution in [1.82, 2.24) is 24.5 Å². The van der Waals surface area contributed by atoms with Gasteiger partial charge >= 0.3 is 0 Å². The Morgan fingerprint density at radius 1 is 1.32 bits per heavy atom. The van der Waals surface area contributed by atoms with Gasteiger partial charge in [0.25, 0.3) is 5.91 Å². The van der Waals surface area contributed by atoms with Crippen LogP contribution in [0.3, 0.4) is 0 Å². The van der Waals surface area contributed by atoms with E-state index in [9.17, 15) is 4.79 Å². The van der Waals surface area contributed by atoms with Crippen LogP contribution in [0.1, 0.15) is 34.4 Å². The maximum absolute atomic E-state index is 13.0. The first-order valence-electron chi connectivity index (χ1n) is 9.55. The molecule has 0 fully saturated rings. The van der Waals surface area contributed by atoms with Gasteiger partial charge in [0.15, 0.2) is 5.65 Å². The maximum atomic E-state index is 13.0. The summed E-state index contributed by atoms with van der Waals surface area (Å²) in [5.74, 6) is 0.613. The molecule has 0 unspecified atom stereocenters. The van der Waals surface area contributed by atoms with Crippen molar-refractivity contribution in [2.45, 2.75) is 26.2 Å². The molecule has 3 aromatic rings. The SMILES string of the molecule is COCCN(CCOC)C(=O)c1nc2c3c4c(sc3ncn2n1)CC[C@@H](C)C4.